The minimum atomic E-state index is -0.249. The summed E-state index contributed by atoms with van der Waals surface area (Å²) in [6.45, 7) is 2.50. The summed E-state index contributed by atoms with van der Waals surface area (Å²) in [4.78, 5) is 15.2. The van der Waals surface area contributed by atoms with Gasteiger partial charge in [0, 0.05) is 6.54 Å². The standard InChI is InChI=1S/C12H12N2O2/c1-9-4-2-3-5-10(9)6-14-12(15)11-7-13-8-16-11/h2-5,7-8H,6H2,1H3,(H,14,15). The van der Waals surface area contributed by atoms with Crippen molar-refractivity contribution in [1.29, 1.82) is 0 Å². The van der Waals surface area contributed by atoms with Crippen LogP contribution in [0.25, 0.3) is 0 Å². The average molecular weight is 216 g/mol. The smallest absolute Gasteiger partial charge is 0.288 e. The summed E-state index contributed by atoms with van der Waals surface area (Å²) in [5.74, 6) is -0.0191. The van der Waals surface area contributed by atoms with Gasteiger partial charge in [0.05, 0.1) is 6.20 Å². The van der Waals surface area contributed by atoms with E-state index in [1.54, 1.807) is 0 Å². The van der Waals surface area contributed by atoms with Gasteiger partial charge in [0.2, 0.25) is 5.76 Å². The Morgan fingerprint density at radius 3 is 2.94 bits per heavy atom. The van der Waals surface area contributed by atoms with Gasteiger partial charge in [-0.2, -0.15) is 0 Å². The Morgan fingerprint density at radius 2 is 2.25 bits per heavy atom. The first-order valence-corrected chi connectivity index (χ1v) is 4.98. The van der Waals surface area contributed by atoms with Crippen LogP contribution in [0.1, 0.15) is 21.7 Å². The molecule has 1 heterocycles. The van der Waals surface area contributed by atoms with E-state index in [0.29, 0.717) is 6.54 Å². The first-order valence-electron chi connectivity index (χ1n) is 4.98. The number of aryl methyl sites for hydroxylation is 1. The van der Waals surface area contributed by atoms with Gasteiger partial charge in [-0.1, -0.05) is 24.3 Å². The Kier molecular flexibility index (Phi) is 3.00. The predicted octanol–water partition coefficient (Wildman–Crippen LogP) is 1.91. The van der Waals surface area contributed by atoms with Crippen LogP contribution in [-0.2, 0) is 6.54 Å². The number of oxazole rings is 1. The highest BCUT2D eigenvalue weighted by atomic mass is 16.3. The molecule has 1 aromatic carbocycles. The highest BCUT2D eigenvalue weighted by molar-refractivity contribution is 5.90. The van der Waals surface area contributed by atoms with Crippen molar-refractivity contribution in [2.75, 3.05) is 0 Å². The molecule has 0 saturated carbocycles. The molecule has 0 saturated heterocycles. The summed E-state index contributed by atoms with van der Waals surface area (Å²) in [5, 5.41) is 2.77. The second-order valence-electron chi connectivity index (χ2n) is 3.47. The number of nitrogens with zero attached hydrogens (tertiary/aromatic N) is 1. The van der Waals surface area contributed by atoms with Crippen LogP contribution in [0.4, 0.5) is 0 Å². The molecule has 2 aromatic rings. The summed E-state index contributed by atoms with van der Waals surface area (Å²) in [7, 11) is 0. The van der Waals surface area contributed by atoms with E-state index in [1.165, 1.54) is 12.6 Å². The third-order valence-electron chi connectivity index (χ3n) is 2.36. The van der Waals surface area contributed by atoms with E-state index in [1.807, 2.05) is 31.2 Å². The van der Waals surface area contributed by atoms with Gasteiger partial charge in [0.25, 0.3) is 5.91 Å². The van der Waals surface area contributed by atoms with Gasteiger partial charge in [0.15, 0.2) is 6.39 Å². The molecule has 16 heavy (non-hydrogen) atoms. The molecule has 2 rings (SSSR count). The van der Waals surface area contributed by atoms with E-state index in [2.05, 4.69) is 10.3 Å². The molecule has 0 spiro atoms. The van der Waals surface area contributed by atoms with Gasteiger partial charge >= 0.3 is 0 Å². The maximum atomic E-state index is 11.5. The molecule has 0 bridgehead atoms. The number of carbonyl (C=O) groups excluding carboxylic acids is 1. The van der Waals surface area contributed by atoms with Crippen molar-refractivity contribution in [2.24, 2.45) is 0 Å². The maximum absolute atomic E-state index is 11.5. The molecule has 0 aliphatic heterocycles. The molecular formula is C12H12N2O2. The Balaban J connectivity index is 1.98. The van der Waals surface area contributed by atoms with Crippen molar-refractivity contribution in [3.05, 3.63) is 53.7 Å². The summed E-state index contributed by atoms with van der Waals surface area (Å²) in [6.07, 6.45) is 2.63. The molecule has 4 heteroatoms. The topological polar surface area (TPSA) is 55.1 Å². The minimum Gasteiger partial charge on any atom is -0.438 e. The van der Waals surface area contributed by atoms with Crippen LogP contribution >= 0.6 is 0 Å². The second-order valence-corrected chi connectivity index (χ2v) is 3.47. The van der Waals surface area contributed by atoms with E-state index < -0.39 is 0 Å². The average Bonchev–Trinajstić information content (AvgIpc) is 2.81. The molecule has 82 valence electrons. The number of hydrogen-bond donors (Lipinski definition) is 1. The van der Waals surface area contributed by atoms with Crippen molar-refractivity contribution < 1.29 is 9.21 Å². The van der Waals surface area contributed by atoms with E-state index in [4.69, 9.17) is 4.42 Å². The van der Waals surface area contributed by atoms with Crippen LogP contribution in [0.3, 0.4) is 0 Å². The van der Waals surface area contributed by atoms with Gasteiger partial charge in [-0.3, -0.25) is 4.79 Å². The van der Waals surface area contributed by atoms with Gasteiger partial charge < -0.3 is 9.73 Å². The highest BCUT2D eigenvalue weighted by Gasteiger charge is 2.08. The molecule has 0 aliphatic carbocycles. The lowest BCUT2D eigenvalue weighted by Gasteiger charge is -2.05. The summed E-state index contributed by atoms with van der Waals surface area (Å²) < 4.78 is 4.89. The number of carbonyl (C=O) groups is 1. The molecule has 1 amide bonds. The van der Waals surface area contributed by atoms with Gasteiger partial charge in [0.1, 0.15) is 0 Å². The Hall–Kier alpha value is -2.10. The molecule has 0 atom stereocenters. The largest absolute Gasteiger partial charge is 0.438 e. The van der Waals surface area contributed by atoms with Gasteiger partial charge in [-0.25, -0.2) is 4.98 Å². The first kappa shape index (κ1) is 10.4. The molecular weight excluding hydrogens is 204 g/mol. The van der Waals surface area contributed by atoms with Crippen molar-refractivity contribution in [3.63, 3.8) is 0 Å². The van der Waals surface area contributed by atoms with Crippen LogP contribution in [0.5, 0.6) is 0 Å². The molecule has 0 aliphatic rings. The number of nitrogens with one attached hydrogen (secondary N) is 1. The SMILES string of the molecule is Cc1ccccc1CNC(=O)c1cnco1. The highest BCUT2D eigenvalue weighted by Crippen LogP contribution is 2.06. The third kappa shape index (κ3) is 2.28. The van der Waals surface area contributed by atoms with Crippen LogP contribution in [0.2, 0.25) is 0 Å². The summed E-state index contributed by atoms with van der Waals surface area (Å²) in [5.41, 5.74) is 2.25. The van der Waals surface area contributed by atoms with Gasteiger partial charge in [-0.05, 0) is 18.1 Å². The Bertz CT molecular complexity index is 478. The normalized spacial score (nSPS) is 10.1. The molecule has 4 nitrogen and oxygen atoms in total. The van der Waals surface area contributed by atoms with Gasteiger partial charge in [-0.15, -0.1) is 0 Å². The van der Waals surface area contributed by atoms with Crippen molar-refractivity contribution >= 4 is 5.91 Å². The van der Waals surface area contributed by atoms with E-state index in [0.717, 1.165) is 11.1 Å². The lowest BCUT2D eigenvalue weighted by molar-refractivity contribution is 0.0923. The number of rotatable bonds is 3. The molecule has 0 unspecified atom stereocenters. The summed E-state index contributed by atoms with van der Waals surface area (Å²) >= 11 is 0. The zero-order valence-corrected chi connectivity index (χ0v) is 8.93. The molecule has 1 aromatic heterocycles. The minimum absolute atomic E-state index is 0.230. The van der Waals surface area contributed by atoms with E-state index in [9.17, 15) is 4.79 Å². The number of benzene rings is 1. The summed E-state index contributed by atoms with van der Waals surface area (Å²) in [6, 6.07) is 7.91. The van der Waals surface area contributed by atoms with Crippen LogP contribution in [0.15, 0.2) is 41.3 Å². The fraction of sp³-hybridized carbons (Fsp3) is 0.167. The number of hydrogen-bond acceptors (Lipinski definition) is 3. The predicted molar refractivity (Wildman–Crippen MR) is 58.9 cm³/mol. The fourth-order valence-corrected chi connectivity index (χ4v) is 1.40. The third-order valence-corrected chi connectivity index (χ3v) is 2.36. The van der Waals surface area contributed by atoms with Crippen LogP contribution < -0.4 is 5.32 Å². The second kappa shape index (κ2) is 4.61. The first-order chi connectivity index (χ1) is 7.77. The molecule has 1 N–H and O–H groups in total. The monoisotopic (exact) mass is 216 g/mol. The van der Waals surface area contributed by atoms with E-state index in [-0.39, 0.29) is 11.7 Å². The van der Waals surface area contributed by atoms with E-state index >= 15 is 0 Å². The number of amides is 1. The maximum Gasteiger partial charge on any atom is 0.288 e. The molecule has 0 radical (unpaired) electrons. The lowest BCUT2D eigenvalue weighted by Crippen LogP contribution is -2.22. The quantitative estimate of drug-likeness (QED) is 0.852. The zero-order valence-electron chi connectivity index (χ0n) is 8.93. The van der Waals surface area contributed by atoms with Crippen LogP contribution in [0, 0.1) is 6.92 Å². The van der Waals surface area contributed by atoms with Crippen molar-refractivity contribution in [1.82, 2.24) is 10.3 Å². The Labute approximate surface area is 93.3 Å². The van der Waals surface area contributed by atoms with Crippen molar-refractivity contribution in [3.8, 4) is 0 Å². The zero-order chi connectivity index (χ0) is 11.4. The lowest BCUT2D eigenvalue weighted by atomic mass is 10.1. The van der Waals surface area contributed by atoms with Crippen molar-refractivity contribution in [2.45, 2.75) is 13.5 Å². The van der Waals surface area contributed by atoms with Crippen LogP contribution in [-0.4, -0.2) is 10.9 Å². The molecule has 0 fully saturated rings. The number of aromatic nitrogens is 1. The Morgan fingerprint density at radius 1 is 1.44 bits per heavy atom. The fourth-order valence-electron chi connectivity index (χ4n) is 1.40.